The predicted molar refractivity (Wildman–Crippen MR) is 109 cm³/mol. The van der Waals surface area contributed by atoms with Crippen LogP contribution in [0.5, 0.6) is 0 Å². The largest absolute Gasteiger partial charge is 0.443 e. The zero-order valence-corrected chi connectivity index (χ0v) is 16.1. The highest BCUT2D eigenvalue weighted by Crippen LogP contribution is 2.37. The van der Waals surface area contributed by atoms with E-state index in [1.165, 1.54) is 12.5 Å². The third-order valence-electron chi connectivity index (χ3n) is 4.50. The molecule has 4 nitrogen and oxygen atoms in total. The fourth-order valence-corrected chi connectivity index (χ4v) is 4.07. The minimum absolute atomic E-state index is 0.0666. The number of benzene rings is 2. The summed E-state index contributed by atoms with van der Waals surface area (Å²) in [5.41, 5.74) is 3.40. The monoisotopic (exact) mass is 392 g/mol. The average Bonchev–Trinajstić information content (AvgIpc) is 3.32. The summed E-state index contributed by atoms with van der Waals surface area (Å²) in [6, 6.07) is 14.2. The topological polar surface area (TPSA) is 55.1 Å². The molecule has 0 saturated heterocycles. The maximum atomic E-state index is 14.0. The Labute approximate surface area is 165 Å². The Morgan fingerprint density at radius 3 is 2.61 bits per heavy atom. The van der Waals surface area contributed by atoms with Crippen LogP contribution in [0.4, 0.5) is 10.1 Å². The smallest absolute Gasteiger partial charge is 0.258 e. The average molecular weight is 392 g/mol. The van der Waals surface area contributed by atoms with Gasteiger partial charge >= 0.3 is 0 Å². The number of nitrogens with zero attached hydrogens (tertiary/aromatic N) is 1. The lowest BCUT2D eigenvalue weighted by molar-refractivity contribution is 0.102. The second-order valence-corrected chi connectivity index (χ2v) is 7.67. The van der Waals surface area contributed by atoms with Crippen molar-refractivity contribution in [2.45, 2.75) is 13.8 Å². The summed E-state index contributed by atoms with van der Waals surface area (Å²) in [5, 5.41) is 2.76. The number of amides is 1. The van der Waals surface area contributed by atoms with Crippen LogP contribution in [0.2, 0.25) is 0 Å². The first-order valence-electron chi connectivity index (χ1n) is 8.69. The first kappa shape index (κ1) is 18.1. The highest BCUT2D eigenvalue weighted by molar-refractivity contribution is 7.15. The van der Waals surface area contributed by atoms with Gasteiger partial charge < -0.3 is 9.73 Å². The van der Waals surface area contributed by atoms with Crippen molar-refractivity contribution in [1.82, 2.24) is 4.98 Å². The van der Waals surface area contributed by atoms with Crippen molar-refractivity contribution >= 4 is 22.9 Å². The number of thiophene rings is 1. The van der Waals surface area contributed by atoms with Gasteiger partial charge in [0.25, 0.3) is 5.91 Å². The summed E-state index contributed by atoms with van der Waals surface area (Å²) in [5.74, 6) is -0.242. The molecule has 0 radical (unpaired) electrons. The van der Waals surface area contributed by atoms with Crippen LogP contribution < -0.4 is 5.32 Å². The highest BCUT2D eigenvalue weighted by Gasteiger charge is 2.15. The quantitative estimate of drug-likeness (QED) is 0.458. The van der Waals surface area contributed by atoms with Crippen molar-refractivity contribution in [3.8, 4) is 21.8 Å². The molecule has 0 aliphatic heterocycles. The van der Waals surface area contributed by atoms with E-state index in [0.29, 0.717) is 11.3 Å². The summed E-state index contributed by atoms with van der Waals surface area (Å²) in [4.78, 5) is 18.6. The van der Waals surface area contributed by atoms with Crippen LogP contribution in [0.15, 0.2) is 65.5 Å². The Hall–Kier alpha value is -3.25. The lowest BCUT2D eigenvalue weighted by atomic mass is 10.1. The maximum Gasteiger partial charge on any atom is 0.258 e. The molecule has 0 aliphatic rings. The molecule has 28 heavy (non-hydrogen) atoms. The van der Waals surface area contributed by atoms with Crippen molar-refractivity contribution in [2.24, 2.45) is 0 Å². The van der Waals surface area contributed by atoms with Gasteiger partial charge in [0, 0.05) is 10.6 Å². The van der Waals surface area contributed by atoms with Crippen molar-refractivity contribution in [3.63, 3.8) is 0 Å². The fraction of sp³-hybridized carbons (Fsp3) is 0.0909. The fourth-order valence-electron chi connectivity index (χ4n) is 3.07. The van der Waals surface area contributed by atoms with Crippen LogP contribution in [0.1, 0.15) is 20.8 Å². The number of nitrogens with one attached hydrogen (secondary N) is 1. The molecule has 1 amide bonds. The molecule has 0 atom stereocenters. The van der Waals surface area contributed by atoms with Gasteiger partial charge in [-0.15, -0.1) is 11.3 Å². The number of oxazole rings is 1. The van der Waals surface area contributed by atoms with E-state index in [4.69, 9.17) is 4.42 Å². The van der Waals surface area contributed by atoms with E-state index in [0.717, 1.165) is 26.6 Å². The molecule has 2 aromatic heterocycles. The van der Waals surface area contributed by atoms with Crippen molar-refractivity contribution in [3.05, 3.63) is 82.9 Å². The van der Waals surface area contributed by atoms with E-state index in [2.05, 4.69) is 23.3 Å². The number of anilines is 1. The molecule has 4 aromatic rings. The molecular formula is C22H17FN2O2S. The third kappa shape index (κ3) is 3.46. The van der Waals surface area contributed by atoms with Crippen molar-refractivity contribution in [2.75, 3.05) is 5.32 Å². The predicted octanol–water partition coefficient (Wildman–Crippen LogP) is 6.08. The van der Waals surface area contributed by atoms with E-state index >= 15 is 0 Å². The van der Waals surface area contributed by atoms with Gasteiger partial charge in [-0.3, -0.25) is 4.79 Å². The number of carbonyl (C=O) groups excluding carboxylic acids is 1. The van der Waals surface area contributed by atoms with Gasteiger partial charge in [-0.25, -0.2) is 9.37 Å². The molecular weight excluding hydrogens is 375 g/mol. The molecule has 0 spiro atoms. The molecule has 2 heterocycles. The SMILES string of the molecule is Cc1cccc(F)c1C(=O)Nc1ccc(-c2cc(-c3cnco3)sc2C)cc1. The van der Waals surface area contributed by atoms with Crippen molar-refractivity contribution < 1.29 is 13.6 Å². The van der Waals surface area contributed by atoms with Gasteiger partial charge in [0.1, 0.15) is 5.82 Å². The highest BCUT2D eigenvalue weighted by atomic mass is 32.1. The molecule has 6 heteroatoms. The first-order chi connectivity index (χ1) is 13.5. The van der Waals surface area contributed by atoms with Crippen LogP contribution >= 0.6 is 11.3 Å². The molecule has 140 valence electrons. The van der Waals surface area contributed by atoms with E-state index in [-0.39, 0.29) is 5.56 Å². The van der Waals surface area contributed by atoms with Crippen LogP contribution in [0, 0.1) is 19.7 Å². The molecule has 0 bridgehead atoms. The van der Waals surface area contributed by atoms with Crippen LogP contribution in [-0.4, -0.2) is 10.9 Å². The molecule has 0 fully saturated rings. The number of hydrogen-bond acceptors (Lipinski definition) is 4. The summed E-state index contributed by atoms with van der Waals surface area (Å²) >= 11 is 1.64. The van der Waals surface area contributed by atoms with Gasteiger partial charge in [0.15, 0.2) is 12.2 Å². The Bertz CT molecular complexity index is 1110. The van der Waals surface area contributed by atoms with Gasteiger partial charge in [-0.2, -0.15) is 0 Å². The Morgan fingerprint density at radius 1 is 1.14 bits per heavy atom. The first-order valence-corrected chi connectivity index (χ1v) is 9.51. The van der Waals surface area contributed by atoms with E-state index in [9.17, 15) is 9.18 Å². The maximum absolute atomic E-state index is 14.0. The van der Waals surface area contributed by atoms with Crippen LogP contribution in [0.3, 0.4) is 0 Å². The lowest BCUT2D eigenvalue weighted by Gasteiger charge is -2.09. The number of aryl methyl sites for hydroxylation is 2. The number of hydrogen-bond donors (Lipinski definition) is 1. The summed E-state index contributed by atoms with van der Waals surface area (Å²) in [6.07, 6.45) is 3.11. The van der Waals surface area contributed by atoms with Gasteiger partial charge in [0.2, 0.25) is 0 Å². The second-order valence-electron chi connectivity index (χ2n) is 6.41. The summed E-state index contributed by atoms with van der Waals surface area (Å²) < 4.78 is 19.3. The number of aromatic nitrogens is 1. The van der Waals surface area contributed by atoms with Crippen LogP contribution in [0.25, 0.3) is 21.8 Å². The number of rotatable bonds is 4. The molecule has 0 aliphatic carbocycles. The molecule has 1 N–H and O–H groups in total. The minimum Gasteiger partial charge on any atom is -0.443 e. The molecule has 0 saturated carbocycles. The van der Waals surface area contributed by atoms with Gasteiger partial charge in [-0.1, -0.05) is 24.3 Å². The summed E-state index contributed by atoms with van der Waals surface area (Å²) in [7, 11) is 0. The Kier molecular flexibility index (Phi) is 4.79. The Morgan fingerprint density at radius 2 is 1.93 bits per heavy atom. The van der Waals surface area contributed by atoms with Gasteiger partial charge in [0.05, 0.1) is 16.6 Å². The zero-order chi connectivity index (χ0) is 19.7. The second kappa shape index (κ2) is 7.40. The minimum atomic E-state index is -0.525. The van der Waals surface area contributed by atoms with Crippen LogP contribution in [-0.2, 0) is 0 Å². The van der Waals surface area contributed by atoms with Crippen molar-refractivity contribution in [1.29, 1.82) is 0 Å². The lowest BCUT2D eigenvalue weighted by Crippen LogP contribution is -2.15. The molecule has 4 rings (SSSR count). The van der Waals surface area contributed by atoms with E-state index in [1.807, 2.05) is 24.3 Å². The molecule has 2 aromatic carbocycles. The number of carbonyl (C=O) groups is 1. The third-order valence-corrected chi connectivity index (χ3v) is 5.56. The van der Waals surface area contributed by atoms with E-state index in [1.54, 1.807) is 36.6 Å². The summed E-state index contributed by atoms with van der Waals surface area (Å²) in [6.45, 7) is 3.77. The Balaban J connectivity index is 1.56. The van der Waals surface area contributed by atoms with Gasteiger partial charge in [-0.05, 0) is 54.8 Å². The standard InChI is InChI=1S/C22H17FN2O2S/c1-13-4-3-5-18(23)21(13)22(26)25-16-8-6-15(7-9-16)17-10-20(28-14(17)2)19-11-24-12-27-19/h3-12H,1-2H3,(H,25,26). The normalized spacial score (nSPS) is 10.8. The van der Waals surface area contributed by atoms with E-state index < -0.39 is 11.7 Å². The molecule has 0 unspecified atom stereocenters. The number of halogens is 1. The zero-order valence-electron chi connectivity index (χ0n) is 15.3.